The van der Waals surface area contributed by atoms with Gasteiger partial charge in [0.25, 0.3) is 0 Å². The molecule has 20 heavy (non-hydrogen) atoms. The van der Waals surface area contributed by atoms with Gasteiger partial charge in [-0.05, 0) is 62.5 Å². The van der Waals surface area contributed by atoms with Crippen molar-refractivity contribution in [2.45, 2.75) is 13.0 Å². The summed E-state index contributed by atoms with van der Waals surface area (Å²) in [7, 11) is 0. The number of hydrogen-bond acceptors (Lipinski definition) is 2. The summed E-state index contributed by atoms with van der Waals surface area (Å²) in [6, 6.07) is 7.84. The molecule has 0 aromatic heterocycles. The zero-order valence-corrected chi connectivity index (χ0v) is 14.3. The summed E-state index contributed by atoms with van der Waals surface area (Å²) in [6.07, 6.45) is -0.569. The molecule has 1 atom stereocenters. The van der Waals surface area contributed by atoms with Gasteiger partial charge in [-0.3, -0.25) is 0 Å². The van der Waals surface area contributed by atoms with Crippen molar-refractivity contribution < 1.29 is 14.2 Å². The van der Waals surface area contributed by atoms with Crippen LogP contribution in [0.1, 0.15) is 18.6 Å². The molecular weight excluding hydrogens is 414 g/mol. The molecule has 0 spiro atoms. The Labute approximate surface area is 137 Å². The molecular formula is C14H10Br2ClFO2. The van der Waals surface area contributed by atoms with E-state index < -0.39 is 11.9 Å². The highest BCUT2D eigenvalue weighted by atomic mass is 79.9. The summed E-state index contributed by atoms with van der Waals surface area (Å²) in [5, 5.41) is 9.53. The van der Waals surface area contributed by atoms with Crippen molar-refractivity contribution in [3.8, 4) is 11.5 Å². The van der Waals surface area contributed by atoms with Gasteiger partial charge in [-0.15, -0.1) is 0 Å². The highest BCUT2D eigenvalue weighted by Crippen LogP contribution is 2.37. The van der Waals surface area contributed by atoms with Gasteiger partial charge in [0.1, 0.15) is 17.3 Å². The first kappa shape index (κ1) is 15.8. The lowest BCUT2D eigenvalue weighted by atomic mass is 10.1. The zero-order valence-electron chi connectivity index (χ0n) is 10.3. The molecule has 0 aliphatic carbocycles. The Morgan fingerprint density at radius 1 is 1.15 bits per heavy atom. The van der Waals surface area contributed by atoms with Crippen LogP contribution in [-0.2, 0) is 0 Å². The standard InChI is InChI=1S/C14H10Br2ClFO2/c1-7(19)8-2-3-13(9(15)4-8)20-14-6-12(18)11(17)5-10(14)16/h2-7,19H,1H3/t7-/m1/s1. The van der Waals surface area contributed by atoms with E-state index in [0.29, 0.717) is 20.4 Å². The monoisotopic (exact) mass is 422 g/mol. The van der Waals surface area contributed by atoms with Crippen LogP contribution in [-0.4, -0.2) is 5.11 Å². The fraction of sp³-hybridized carbons (Fsp3) is 0.143. The highest BCUT2D eigenvalue weighted by molar-refractivity contribution is 9.11. The topological polar surface area (TPSA) is 29.5 Å². The maximum Gasteiger partial charge on any atom is 0.145 e. The van der Waals surface area contributed by atoms with Gasteiger partial charge in [-0.1, -0.05) is 17.7 Å². The molecule has 6 heteroatoms. The molecule has 2 rings (SSSR count). The van der Waals surface area contributed by atoms with E-state index in [1.54, 1.807) is 25.1 Å². The third-order valence-corrected chi connectivity index (χ3v) is 4.16. The lowest BCUT2D eigenvalue weighted by Crippen LogP contribution is -1.93. The second-order valence-electron chi connectivity index (χ2n) is 4.16. The molecule has 2 aromatic carbocycles. The Hall–Kier alpha value is -0.620. The van der Waals surface area contributed by atoms with Gasteiger partial charge in [-0.25, -0.2) is 4.39 Å². The average molecular weight is 424 g/mol. The third-order valence-electron chi connectivity index (χ3n) is 2.63. The maximum atomic E-state index is 13.5. The van der Waals surface area contributed by atoms with Crippen LogP contribution in [0.4, 0.5) is 4.39 Å². The Balaban J connectivity index is 2.33. The van der Waals surface area contributed by atoms with Crippen LogP contribution in [0.5, 0.6) is 11.5 Å². The number of aliphatic hydroxyl groups is 1. The van der Waals surface area contributed by atoms with Crippen molar-refractivity contribution in [2.24, 2.45) is 0 Å². The molecule has 1 N–H and O–H groups in total. The van der Waals surface area contributed by atoms with E-state index in [0.717, 1.165) is 5.56 Å². The van der Waals surface area contributed by atoms with Crippen molar-refractivity contribution in [1.82, 2.24) is 0 Å². The second-order valence-corrected chi connectivity index (χ2v) is 6.28. The van der Waals surface area contributed by atoms with E-state index in [-0.39, 0.29) is 5.02 Å². The molecule has 0 aliphatic rings. The minimum absolute atomic E-state index is 0.0211. The number of halogens is 4. The van der Waals surface area contributed by atoms with E-state index in [1.165, 1.54) is 12.1 Å². The van der Waals surface area contributed by atoms with E-state index in [4.69, 9.17) is 16.3 Å². The number of hydrogen-bond donors (Lipinski definition) is 1. The van der Waals surface area contributed by atoms with Gasteiger partial charge >= 0.3 is 0 Å². The molecule has 0 aliphatic heterocycles. The van der Waals surface area contributed by atoms with Crippen molar-refractivity contribution >= 4 is 43.5 Å². The summed E-state index contributed by atoms with van der Waals surface area (Å²) in [4.78, 5) is 0. The maximum absolute atomic E-state index is 13.5. The van der Waals surface area contributed by atoms with Crippen LogP contribution >= 0.6 is 43.5 Å². The quantitative estimate of drug-likeness (QED) is 0.627. The molecule has 0 saturated carbocycles. The van der Waals surface area contributed by atoms with E-state index in [2.05, 4.69) is 31.9 Å². The summed E-state index contributed by atoms with van der Waals surface area (Å²) in [5.41, 5.74) is 0.755. The van der Waals surface area contributed by atoms with Crippen molar-refractivity contribution in [3.63, 3.8) is 0 Å². The van der Waals surface area contributed by atoms with Gasteiger partial charge in [0.05, 0.1) is 20.1 Å². The third kappa shape index (κ3) is 3.52. The summed E-state index contributed by atoms with van der Waals surface area (Å²) in [6.45, 7) is 1.67. The molecule has 106 valence electrons. The molecule has 0 amide bonds. The Bertz CT molecular complexity index is 647. The molecule has 2 aromatic rings. The fourth-order valence-electron chi connectivity index (χ4n) is 1.56. The van der Waals surface area contributed by atoms with E-state index >= 15 is 0 Å². The Kier molecular flexibility index (Phi) is 5.07. The first-order chi connectivity index (χ1) is 9.38. The smallest absolute Gasteiger partial charge is 0.145 e. The summed E-state index contributed by atoms with van der Waals surface area (Å²) < 4.78 is 20.3. The van der Waals surface area contributed by atoms with Crippen LogP contribution < -0.4 is 4.74 Å². The first-order valence-electron chi connectivity index (χ1n) is 5.68. The summed E-state index contributed by atoms with van der Waals surface area (Å²) in [5.74, 6) is 0.274. The van der Waals surface area contributed by atoms with Gasteiger partial charge in [-0.2, -0.15) is 0 Å². The second kappa shape index (κ2) is 6.43. The molecule has 0 bridgehead atoms. The Morgan fingerprint density at radius 2 is 1.80 bits per heavy atom. The fourth-order valence-corrected chi connectivity index (χ4v) is 2.76. The van der Waals surface area contributed by atoms with Crippen LogP contribution in [0.15, 0.2) is 39.3 Å². The van der Waals surface area contributed by atoms with Crippen LogP contribution in [0.3, 0.4) is 0 Å². The lowest BCUT2D eigenvalue weighted by Gasteiger charge is -2.12. The molecule has 0 saturated heterocycles. The lowest BCUT2D eigenvalue weighted by molar-refractivity contribution is 0.199. The number of ether oxygens (including phenoxy) is 1. The summed E-state index contributed by atoms with van der Waals surface area (Å²) >= 11 is 12.3. The van der Waals surface area contributed by atoms with Crippen molar-refractivity contribution in [1.29, 1.82) is 0 Å². The molecule has 0 radical (unpaired) electrons. The molecule has 0 unspecified atom stereocenters. The van der Waals surface area contributed by atoms with Gasteiger partial charge < -0.3 is 9.84 Å². The largest absolute Gasteiger partial charge is 0.455 e. The predicted octanol–water partition coefficient (Wildman–Crippen LogP) is 5.85. The van der Waals surface area contributed by atoms with Gasteiger partial charge in [0.15, 0.2) is 0 Å². The number of rotatable bonds is 3. The van der Waals surface area contributed by atoms with E-state index in [9.17, 15) is 9.50 Å². The zero-order chi connectivity index (χ0) is 14.9. The van der Waals surface area contributed by atoms with Gasteiger partial charge in [0, 0.05) is 6.07 Å². The minimum Gasteiger partial charge on any atom is -0.455 e. The van der Waals surface area contributed by atoms with Crippen molar-refractivity contribution in [3.05, 3.63) is 55.7 Å². The normalized spacial score (nSPS) is 12.3. The van der Waals surface area contributed by atoms with Crippen LogP contribution in [0, 0.1) is 5.82 Å². The molecule has 2 nitrogen and oxygen atoms in total. The van der Waals surface area contributed by atoms with Gasteiger partial charge in [0.2, 0.25) is 0 Å². The number of benzene rings is 2. The minimum atomic E-state index is -0.569. The first-order valence-corrected chi connectivity index (χ1v) is 7.65. The average Bonchev–Trinajstić information content (AvgIpc) is 2.37. The SMILES string of the molecule is C[C@@H](O)c1ccc(Oc2cc(F)c(Cl)cc2Br)c(Br)c1. The predicted molar refractivity (Wildman–Crippen MR) is 84.0 cm³/mol. The molecule has 0 heterocycles. The highest BCUT2D eigenvalue weighted by Gasteiger charge is 2.12. The number of aliphatic hydroxyl groups excluding tert-OH is 1. The molecule has 0 fully saturated rings. The van der Waals surface area contributed by atoms with E-state index in [1.807, 2.05) is 0 Å². The van der Waals surface area contributed by atoms with Crippen LogP contribution in [0.25, 0.3) is 0 Å². The van der Waals surface area contributed by atoms with Crippen molar-refractivity contribution in [2.75, 3.05) is 0 Å². The Morgan fingerprint density at radius 3 is 2.40 bits per heavy atom. The van der Waals surface area contributed by atoms with Crippen LogP contribution in [0.2, 0.25) is 5.02 Å².